The number of hydrogen-bond acceptors (Lipinski definition) is 6. The number of nitrogens with one attached hydrogen (secondary N) is 1. The normalized spacial score (nSPS) is 20.9. The Bertz CT molecular complexity index is 704. The topological polar surface area (TPSA) is 109 Å². The van der Waals surface area contributed by atoms with E-state index >= 15 is 0 Å². The minimum atomic E-state index is -0.587. The van der Waals surface area contributed by atoms with Gasteiger partial charge < -0.3 is 14.8 Å². The predicted octanol–water partition coefficient (Wildman–Crippen LogP) is 2.80. The van der Waals surface area contributed by atoms with E-state index in [9.17, 15) is 14.9 Å². The third kappa shape index (κ3) is 4.81. The first-order valence-electron chi connectivity index (χ1n) is 8.50. The maximum atomic E-state index is 12.1. The van der Waals surface area contributed by atoms with Crippen LogP contribution >= 0.6 is 0 Å². The Balaban J connectivity index is 2.16. The number of hydrogen-bond donors (Lipinski definition) is 1. The second-order valence-corrected chi connectivity index (χ2v) is 7.29. The van der Waals surface area contributed by atoms with E-state index in [1.165, 1.54) is 10.9 Å². The van der Waals surface area contributed by atoms with E-state index in [-0.39, 0.29) is 17.8 Å². The van der Waals surface area contributed by atoms with E-state index in [4.69, 9.17) is 9.47 Å². The smallest absolute Gasteiger partial charge is 0.407 e. The van der Waals surface area contributed by atoms with Gasteiger partial charge in [-0.2, -0.15) is 5.10 Å². The highest BCUT2D eigenvalue weighted by molar-refractivity contribution is 5.71. The van der Waals surface area contributed by atoms with E-state index < -0.39 is 16.6 Å². The number of aromatic nitrogens is 2. The van der Waals surface area contributed by atoms with Crippen LogP contribution < -0.4 is 5.32 Å². The quantitative estimate of drug-likeness (QED) is 0.648. The summed E-state index contributed by atoms with van der Waals surface area (Å²) in [6, 6.07) is -0.254. The highest BCUT2D eigenvalue weighted by Gasteiger charge is 2.30. The third-order valence-electron chi connectivity index (χ3n) is 4.20. The molecule has 1 aromatic rings. The lowest BCUT2D eigenvalue weighted by Crippen LogP contribution is -2.45. The second kappa shape index (κ2) is 7.86. The number of alkyl carbamates (subject to hydrolysis) is 1. The van der Waals surface area contributed by atoms with Crippen LogP contribution in [0.1, 0.15) is 45.7 Å². The molecule has 2 atom stereocenters. The van der Waals surface area contributed by atoms with E-state index in [1.807, 2.05) is 6.08 Å². The molecule has 1 aliphatic rings. The molecule has 1 heterocycles. The molecule has 0 unspecified atom stereocenters. The van der Waals surface area contributed by atoms with Crippen molar-refractivity contribution in [3.8, 4) is 0 Å². The molecule has 0 spiro atoms. The maximum absolute atomic E-state index is 12.1. The van der Waals surface area contributed by atoms with E-state index in [2.05, 4.69) is 10.4 Å². The SMILES string of the molecule is CO[C@@H]1CC=C(c2c([N+](=O)[O-])cnn2C)CC[C@H]1NC(=O)OC(C)(C)C. The monoisotopic (exact) mass is 366 g/mol. The maximum Gasteiger partial charge on any atom is 0.407 e. The molecule has 0 bridgehead atoms. The number of nitro groups is 1. The Hall–Kier alpha value is -2.42. The molecule has 144 valence electrons. The molecule has 9 nitrogen and oxygen atoms in total. The number of ether oxygens (including phenoxy) is 2. The molecule has 0 fully saturated rings. The van der Waals surface area contributed by atoms with Crippen LogP contribution in [-0.2, 0) is 16.5 Å². The third-order valence-corrected chi connectivity index (χ3v) is 4.20. The standard InChI is InChI=1S/C17H26N4O5/c1-17(2,3)26-16(22)19-12-8-6-11(7-9-14(12)25-5)15-13(21(23)24)10-18-20(15)4/h7,10,12,14H,6,8-9H2,1-5H3,(H,19,22)/t12-,14-/m1/s1. The number of carbonyl (C=O) groups excluding carboxylic acids is 1. The average molecular weight is 366 g/mol. The van der Waals surface area contributed by atoms with Gasteiger partial charge in [0.2, 0.25) is 0 Å². The van der Waals surface area contributed by atoms with Crippen molar-refractivity contribution in [2.24, 2.45) is 7.05 Å². The van der Waals surface area contributed by atoms with Crippen molar-refractivity contribution in [2.75, 3.05) is 7.11 Å². The molecule has 0 saturated carbocycles. The molecule has 0 aromatic carbocycles. The molecule has 0 saturated heterocycles. The Morgan fingerprint density at radius 3 is 2.73 bits per heavy atom. The number of methoxy groups -OCH3 is 1. The summed E-state index contributed by atoms with van der Waals surface area (Å²) >= 11 is 0. The van der Waals surface area contributed by atoms with Gasteiger partial charge in [-0.3, -0.25) is 14.8 Å². The number of nitrogens with zero attached hydrogens (tertiary/aromatic N) is 3. The highest BCUT2D eigenvalue weighted by Crippen LogP contribution is 2.32. The zero-order valence-electron chi connectivity index (χ0n) is 15.8. The van der Waals surface area contributed by atoms with Crippen molar-refractivity contribution >= 4 is 17.4 Å². The average Bonchev–Trinajstić information content (AvgIpc) is 2.79. The second-order valence-electron chi connectivity index (χ2n) is 7.29. The first-order chi connectivity index (χ1) is 12.1. The molecule has 9 heteroatoms. The molecule has 26 heavy (non-hydrogen) atoms. The Labute approximate surface area is 152 Å². The lowest BCUT2D eigenvalue weighted by molar-refractivity contribution is -0.385. The highest BCUT2D eigenvalue weighted by atomic mass is 16.6. The van der Waals surface area contributed by atoms with Gasteiger partial charge in [0.25, 0.3) is 0 Å². The predicted molar refractivity (Wildman–Crippen MR) is 95.6 cm³/mol. The summed E-state index contributed by atoms with van der Waals surface area (Å²) in [4.78, 5) is 22.9. The molecule has 2 rings (SSSR count). The van der Waals surface area contributed by atoms with Crippen LogP contribution in [0.3, 0.4) is 0 Å². The van der Waals surface area contributed by atoms with Gasteiger partial charge in [-0.15, -0.1) is 0 Å². The number of carbonyl (C=O) groups is 1. The summed E-state index contributed by atoms with van der Waals surface area (Å²) in [7, 11) is 3.26. The van der Waals surface area contributed by atoms with Crippen LogP contribution in [0.4, 0.5) is 10.5 Å². The molecule has 1 amide bonds. The molecule has 0 aliphatic heterocycles. The number of aryl methyl sites for hydroxylation is 1. The fourth-order valence-corrected chi connectivity index (χ4v) is 3.05. The minimum absolute atomic E-state index is 0.0220. The van der Waals surface area contributed by atoms with Crippen LogP contribution in [0.15, 0.2) is 12.3 Å². The zero-order valence-corrected chi connectivity index (χ0v) is 15.8. The van der Waals surface area contributed by atoms with Gasteiger partial charge in [-0.25, -0.2) is 4.79 Å². The Morgan fingerprint density at radius 1 is 1.46 bits per heavy atom. The van der Waals surface area contributed by atoms with Crippen LogP contribution in [0.25, 0.3) is 5.57 Å². The molecule has 0 radical (unpaired) electrons. The number of amides is 1. The van der Waals surface area contributed by atoms with Gasteiger partial charge >= 0.3 is 11.8 Å². The van der Waals surface area contributed by atoms with Gasteiger partial charge in [0, 0.05) is 14.2 Å². The molecular formula is C17H26N4O5. The fourth-order valence-electron chi connectivity index (χ4n) is 3.05. The van der Waals surface area contributed by atoms with Crippen LogP contribution in [0.2, 0.25) is 0 Å². The largest absolute Gasteiger partial charge is 0.444 e. The minimum Gasteiger partial charge on any atom is -0.444 e. The van der Waals surface area contributed by atoms with E-state index in [0.29, 0.717) is 25.0 Å². The van der Waals surface area contributed by atoms with Crippen molar-refractivity contribution < 1.29 is 19.2 Å². The van der Waals surface area contributed by atoms with Gasteiger partial charge in [-0.05, 0) is 45.6 Å². The summed E-state index contributed by atoms with van der Waals surface area (Å²) in [6.07, 6.45) is 4.09. The number of allylic oxidation sites excluding steroid dienone is 1. The van der Waals surface area contributed by atoms with Crippen LogP contribution in [0, 0.1) is 10.1 Å². The molecule has 1 aliphatic carbocycles. The van der Waals surface area contributed by atoms with Gasteiger partial charge in [-0.1, -0.05) is 6.08 Å². The lowest BCUT2D eigenvalue weighted by atomic mass is 10.0. The first kappa shape index (κ1) is 19.9. The summed E-state index contributed by atoms with van der Waals surface area (Å²) in [5.41, 5.74) is 0.706. The lowest BCUT2D eigenvalue weighted by Gasteiger charge is -2.27. The van der Waals surface area contributed by atoms with Crippen molar-refractivity contribution in [2.45, 2.75) is 57.8 Å². The molecular weight excluding hydrogens is 340 g/mol. The first-order valence-corrected chi connectivity index (χ1v) is 8.50. The van der Waals surface area contributed by atoms with Gasteiger partial charge in [0.05, 0.1) is 17.1 Å². The fraction of sp³-hybridized carbons (Fsp3) is 0.647. The molecule has 1 N–H and O–H groups in total. The van der Waals surface area contributed by atoms with Gasteiger partial charge in [0.15, 0.2) is 0 Å². The van der Waals surface area contributed by atoms with Crippen LogP contribution in [0.5, 0.6) is 0 Å². The van der Waals surface area contributed by atoms with Crippen molar-refractivity contribution in [1.82, 2.24) is 15.1 Å². The van der Waals surface area contributed by atoms with Crippen molar-refractivity contribution in [3.05, 3.63) is 28.1 Å². The van der Waals surface area contributed by atoms with Crippen molar-refractivity contribution in [3.63, 3.8) is 0 Å². The van der Waals surface area contributed by atoms with Crippen molar-refractivity contribution in [1.29, 1.82) is 0 Å². The van der Waals surface area contributed by atoms with Crippen LogP contribution in [-0.4, -0.2) is 45.7 Å². The van der Waals surface area contributed by atoms with Gasteiger partial charge in [0.1, 0.15) is 17.5 Å². The van der Waals surface area contributed by atoms with E-state index in [1.54, 1.807) is 34.9 Å². The zero-order chi connectivity index (χ0) is 19.5. The summed E-state index contributed by atoms with van der Waals surface area (Å²) in [5.74, 6) is 0. The number of rotatable bonds is 4. The summed E-state index contributed by atoms with van der Waals surface area (Å²) in [5, 5.41) is 18.1. The molecule has 1 aromatic heterocycles. The Morgan fingerprint density at radius 2 is 2.15 bits per heavy atom. The Kier molecular flexibility index (Phi) is 6.01. The summed E-state index contributed by atoms with van der Waals surface area (Å²) < 4.78 is 12.3. The van der Waals surface area contributed by atoms with E-state index in [0.717, 1.165) is 5.57 Å². The summed E-state index contributed by atoms with van der Waals surface area (Å²) in [6.45, 7) is 5.40.